The number of carbonyl (C=O) groups excluding carboxylic acids is 1. The molecule has 0 aliphatic carbocycles. The van der Waals surface area contributed by atoms with Crippen LogP contribution in [0.5, 0.6) is 0 Å². The second-order valence-electron chi connectivity index (χ2n) is 6.44. The van der Waals surface area contributed by atoms with Gasteiger partial charge in [-0.25, -0.2) is 13.2 Å². The van der Waals surface area contributed by atoms with Crippen LogP contribution < -0.4 is 4.72 Å². The predicted octanol–water partition coefficient (Wildman–Crippen LogP) is 4.83. The van der Waals surface area contributed by atoms with Gasteiger partial charge in [0.15, 0.2) is 0 Å². The van der Waals surface area contributed by atoms with Gasteiger partial charge in [-0.05, 0) is 61.0 Å². The molecule has 0 atom stereocenters. The zero-order valence-corrected chi connectivity index (χ0v) is 18.4. The van der Waals surface area contributed by atoms with E-state index in [-0.39, 0.29) is 11.5 Å². The molecule has 0 saturated carbocycles. The molecule has 31 heavy (non-hydrogen) atoms. The number of anilines is 1. The maximum Gasteiger partial charge on any atom is 0.338 e. The van der Waals surface area contributed by atoms with Crippen molar-refractivity contribution in [2.24, 2.45) is 0 Å². The summed E-state index contributed by atoms with van der Waals surface area (Å²) in [5, 5.41) is 8.90. The lowest BCUT2D eigenvalue weighted by molar-refractivity contribution is 0.0526. The van der Waals surface area contributed by atoms with Crippen molar-refractivity contribution in [3.05, 3.63) is 89.5 Å². The average molecular weight is 453 g/mol. The monoisotopic (exact) mass is 452 g/mol. The molecule has 0 aliphatic heterocycles. The van der Waals surface area contributed by atoms with Crippen molar-refractivity contribution < 1.29 is 17.9 Å². The molecule has 0 spiro atoms. The summed E-state index contributed by atoms with van der Waals surface area (Å²) in [7, 11) is -3.83. The van der Waals surface area contributed by atoms with Gasteiger partial charge in [-0.3, -0.25) is 4.72 Å². The SMILES string of the molecule is CCOC(=O)c1ccc(S(=O)(=O)Nc2ccccc2SCc2ccc(C#N)cc2)cc1. The number of benzene rings is 3. The van der Waals surface area contributed by atoms with E-state index in [1.165, 1.54) is 36.0 Å². The van der Waals surface area contributed by atoms with E-state index in [0.717, 1.165) is 10.5 Å². The number of hydrogen-bond acceptors (Lipinski definition) is 6. The van der Waals surface area contributed by atoms with E-state index in [0.29, 0.717) is 22.6 Å². The molecule has 0 saturated heterocycles. The van der Waals surface area contributed by atoms with E-state index in [2.05, 4.69) is 10.8 Å². The Kier molecular flexibility index (Phi) is 7.34. The van der Waals surface area contributed by atoms with Crippen molar-refractivity contribution >= 4 is 33.4 Å². The highest BCUT2D eigenvalue weighted by molar-refractivity contribution is 7.98. The molecule has 0 fully saturated rings. The van der Waals surface area contributed by atoms with Gasteiger partial charge in [0, 0.05) is 10.6 Å². The largest absolute Gasteiger partial charge is 0.462 e. The van der Waals surface area contributed by atoms with Gasteiger partial charge < -0.3 is 4.74 Å². The first-order valence-corrected chi connectivity index (χ1v) is 11.9. The molecule has 0 radical (unpaired) electrons. The number of nitrogens with one attached hydrogen (secondary N) is 1. The van der Waals surface area contributed by atoms with E-state index < -0.39 is 16.0 Å². The van der Waals surface area contributed by atoms with Crippen LogP contribution in [-0.2, 0) is 20.5 Å². The van der Waals surface area contributed by atoms with Crippen molar-refractivity contribution in [2.45, 2.75) is 22.5 Å². The lowest BCUT2D eigenvalue weighted by Gasteiger charge is -2.13. The van der Waals surface area contributed by atoms with Crippen molar-refractivity contribution in [3.63, 3.8) is 0 Å². The molecule has 0 aliphatic rings. The van der Waals surface area contributed by atoms with Crippen LogP contribution in [0.2, 0.25) is 0 Å². The Morgan fingerprint density at radius 3 is 2.35 bits per heavy atom. The first-order valence-electron chi connectivity index (χ1n) is 9.44. The molecule has 0 aromatic heterocycles. The Morgan fingerprint density at radius 1 is 1.03 bits per heavy atom. The smallest absolute Gasteiger partial charge is 0.338 e. The molecule has 0 amide bonds. The maximum absolute atomic E-state index is 12.8. The third kappa shape index (κ3) is 5.87. The number of para-hydroxylation sites is 1. The van der Waals surface area contributed by atoms with Crippen LogP contribution in [0.3, 0.4) is 0 Å². The second kappa shape index (κ2) is 10.2. The van der Waals surface area contributed by atoms with Crippen LogP contribution in [0.4, 0.5) is 5.69 Å². The Morgan fingerprint density at radius 2 is 1.71 bits per heavy atom. The van der Waals surface area contributed by atoms with E-state index in [4.69, 9.17) is 10.00 Å². The number of nitrogens with zero attached hydrogens (tertiary/aromatic N) is 1. The third-order valence-electron chi connectivity index (χ3n) is 4.28. The van der Waals surface area contributed by atoms with Crippen LogP contribution in [0.1, 0.15) is 28.4 Å². The fourth-order valence-electron chi connectivity index (χ4n) is 2.70. The molecular weight excluding hydrogens is 432 g/mol. The summed E-state index contributed by atoms with van der Waals surface area (Å²) in [6.45, 7) is 1.95. The van der Waals surface area contributed by atoms with Crippen molar-refractivity contribution in [2.75, 3.05) is 11.3 Å². The third-order valence-corrected chi connectivity index (χ3v) is 6.81. The number of nitriles is 1. The molecule has 0 heterocycles. The summed E-state index contributed by atoms with van der Waals surface area (Å²) in [4.78, 5) is 12.6. The second-order valence-corrected chi connectivity index (χ2v) is 9.14. The Labute approximate surface area is 185 Å². The van der Waals surface area contributed by atoms with Crippen molar-refractivity contribution in [1.29, 1.82) is 5.26 Å². The highest BCUT2D eigenvalue weighted by Gasteiger charge is 2.17. The van der Waals surface area contributed by atoms with Gasteiger partial charge in [0.2, 0.25) is 0 Å². The molecular formula is C23H20N2O4S2. The minimum Gasteiger partial charge on any atom is -0.462 e. The molecule has 3 aromatic carbocycles. The van der Waals surface area contributed by atoms with Gasteiger partial charge in [0.25, 0.3) is 10.0 Å². The number of rotatable bonds is 8. The summed E-state index contributed by atoms with van der Waals surface area (Å²) >= 11 is 1.49. The Bertz CT molecular complexity index is 1200. The molecule has 0 bridgehead atoms. The van der Waals surface area contributed by atoms with Crippen LogP contribution >= 0.6 is 11.8 Å². The summed E-state index contributed by atoms with van der Waals surface area (Å²) < 4.78 is 33.2. The molecule has 3 rings (SSSR count). The summed E-state index contributed by atoms with van der Waals surface area (Å²) in [6.07, 6.45) is 0. The van der Waals surface area contributed by atoms with Crippen LogP contribution in [0.25, 0.3) is 0 Å². The molecule has 158 valence electrons. The molecule has 8 heteroatoms. The maximum atomic E-state index is 12.8. The average Bonchev–Trinajstić information content (AvgIpc) is 2.79. The number of hydrogen-bond donors (Lipinski definition) is 1. The zero-order valence-electron chi connectivity index (χ0n) is 16.7. The van der Waals surface area contributed by atoms with Crippen molar-refractivity contribution in [1.82, 2.24) is 0 Å². The first kappa shape index (κ1) is 22.4. The standard InChI is InChI=1S/C23H20N2O4S2/c1-2-29-23(26)19-11-13-20(14-12-19)31(27,28)25-21-5-3-4-6-22(21)30-16-18-9-7-17(15-24)8-10-18/h3-14,25H,2,16H2,1H3. The first-order chi connectivity index (χ1) is 14.9. The molecule has 6 nitrogen and oxygen atoms in total. The molecule has 0 unspecified atom stereocenters. The van der Waals surface area contributed by atoms with Gasteiger partial charge in [0.1, 0.15) is 0 Å². The number of thioether (sulfide) groups is 1. The molecule has 3 aromatic rings. The predicted molar refractivity (Wildman–Crippen MR) is 120 cm³/mol. The van der Waals surface area contributed by atoms with E-state index in [1.54, 1.807) is 31.2 Å². The summed E-state index contributed by atoms with van der Waals surface area (Å²) in [6, 6.07) is 22.1. The highest BCUT2D eigenvalue weighted by Crippen LogP contribution is 2.31. The van der Waals surface area contributed by atoms with Crippen LogP contribution in [0, 0.1) is 11.3 Å². The number of esters is 1. The van der Waals surface area contributed by atoms with Gasteiger partial charge in [0.05, 0.1) is 34.4 Å². The fourth-order valence-corrected chi connectivity index (χ4v) is 4.81. The topological polar surface area (TPSA) is 96.3 Å². The van der Waals surface area contributed by atoms with E-state index >= 15 is 0 Å². The van der Waals surface area contributed by atoms with E-state index in [9.17, 15) is 13.2 Å². The number of ether oxygens (including phenoxy) is 1. The van der Waals surface area contributed by atoms with Gasteiger partial charge in [-0.15, -0.1) is 11.8 Å². The summed E-state index contributed by atoms with van der Waals surface area (Å²) in [5.74, 6) is 0.127. The minimum absolute atomic E-state index is 0.0486. The number of carbonyl (C=O) groups is 1. The zero-order chi connectivity index (χ0) is 22.3. The molecule has 1 N–H and O–H groups in total. The van der Waals surface area contributed by atoms with Crippen LogP contribution in [0.15, 0.2) is 82.6 Å². The Hall–Kier alpha value is -3.28. The Balaban J connectivity index is 1.74. The lowest BCUT2D eigenvalue weighted by Crippen LogP contribution is -2.14. The quantitative estimate of drug-likeness (QED) is 0.388. The lowest BCUT2D eigenvalue weighted by atomic mass is 10.2. The van der Waals surface area contributed by atoms with Crippen molar-refractivity contribution in [3.8, 4) is 6.07 Å². The fraction of sp³-hybridized carbons (Fsp3) is 0.130. The van der Waals surface area contributed by atoms with Gasteiger partial charge >= 0.3 is 5.97 Å². The number of sulfonamides is 1. The van der Waals surface area contributed by atoms with Gasteiger partial charge in [-0.2, -0.15) is 5.26 Å². The van der Waals surface area contributed by atoms with E-state index in [1.807, 2.05) is 24.3 Å². The summed E-state index contributed by atoms with van der Waals surface area (Å²) in [5.41, 5.74) is 2.38. The normalized spacial score (nSPS) is 10.8. The van der Waals surface area contributed by atoms with Gasteiger partial charge in [-0.1, -0.05) is 24.3 Å². The van der Waals surface area contributed by atoms with Crippen LogP contribution in [-0.4, -0.2) is 21.0 Å². The highest BCUT2D eigenvalue weighted by atomic mass is 32.2. The minimum atomic E-state index is -3.83.